The molecular weight excluding hydrogens is 454 g/mol. The van der Waals surface area contributed by atoms with E-state index in [1.807, 2.05) is 30.4 Å². The summed E-state index contributed by atoms with van der Waals surface area (Å²) >= 11 is 0. The van der Waals surface area contributed by atoms with Crippen LogP contribution in [-0.2, 0) is 29.5 Å². The minimum atomic E-state index is 0.0871. The van der Waals surface area contributed by atoms with Gasteiger partial charge in [0.05, 0.1) is 37.0 Å². The number of hydrogen-bond acceptors (Lipinski definition) is 6. The summed E-state index contributed by atoms with van der Waals surface area (Å²) < 4.78 is 9.62. The molecule has 0 radical (unpaired) electrons. The maximum absolute atomic E-state index is 12.3. The van der Waals surface area contributed by atoms with Crippen LogP contribution in [0.5, 0.6) is 0 Å². The molecule has 6 rings (SSSR count). The SMILES string of the molecule is CC(=O)N1CCc2c(c(N3CC[C@@H](C)c4cc(-c5cnn(C)c5)c(C#N)cc43)nn2C2CCOC2)C1. The lowest BCUT2D eigenvalue weighted by Crippen LogP contribution is -2.36. The lowest BCUT2D eigenvalue weighted by Gasteiger charge is -2.35. The lowest BCUT2D eigenvalue weighted by molar-refractivity contribution is -0.129. The predicted molar refractivity (Wildman–Crippen MR) is 135 cm³/mol. The van der Waals surface area contributed by atoms with Crippen molar-refractivity contribution in [3.8, 4) is 17.2 Å². The molecule has 3 aromatic rings. The maximum atomic E-state index is 12.3. The van der Waals surface area contributed by atoms with Crippen molar-refractivity contribution in [1.82, 2.24) is 24.5 Å². The average Bonchev–Trinajstić information content (AvgIpc) is 3.63. The van der Waals surface area contributed by atoms with Crippen molar-refractivity contribution >= 4 is 17.4 Å². The van der Waals surface area contributed by atoms with Gasteiger partial charge in [0.25, 0.3) is 0 Å². The van der Waals surface area contributed by atoms with Crippen LogP contribution in [0.1, 0.15) is 61.0 Å². The zero-order valence-electron chi connectivity index (χ0n) is 21.1. The van der Waals surface area contributed by atoms with E-state index in [9.17, 15) is 10.1 Å². The zero-order valence-corrected chi connectivity index (χ0v) is 21.1. The van der Waals surface area contributed by atoms with Crippen molar-refractivity contribution in [2.45, 2.75) is 51.6 Å². The number of aromatic nitrogens is 4. The average molecular weight is 486 g/mol. The van der Waals surface area contributed by atoms with Crippen LogP contribution in [0.25, 0.3) is 11.1 Å². The third-order valence-corrected chi connectivity index (χ3v) is 7.93. The van der Waals surface area contributed by atoms with Crippen molar-refractivity contribution in [1.29, 1.82) is 5.26 Å². The Morgan fingerprint density at radius 3 is 2.81 bits per heavy atom. The summed E-state index contributed by atoms with van der Waals surface area (Å²) in [5, 5.41) is 19.6. The minimum absolute atomic E-state index is 0.0871. The van der Waals surface area contributed by atoms with Gasteiger partial charge in [0.2, 0.25) is 5.91 Å². The highest BCUT2D eigenvalue weighted by Gasteiger charge is 2.35. The van der Waals surface area contributed by atoms with Crippen LogP contribution in [0.3, 0.4) is 0 Å². The standard InChI is InChI=1S/C27H31N7O2/c1-17-4-8-33(26-10-19(12-28)23(11-22(17)26)20-13-29-31(3)14-20)27-24-15-32(18(2)35)7-5-25(24)34(30-27)21-6-9-36-16-21/h10-11,13-14,17,21H,4-9,15-16H2,1-3H3/t17-,21?/m1/s1. The van der Waals surface area contributed by atoms with Gasteiger partial charge < -0.3 is 14.5 Å². The Morgan fingerprint density at radius 1 is 1.25 bits per heavy atom. The molecule has 0 N–H and O–H groups in total. The monoisotopic (exact) mass is 485 g/mol. The first-order chi connectivity index (χ1) is 17.4. The molecule has 0 aliphatic carbocycles. The number of nitrogens with zero attached hydrogens (tertiary/aromatic N) is 7. The summed E-state index contributed by atoms with van der Waals surface area (Å²) in [6.45, 7) is 7.39. The molecule has 1 unspecified atom stereocenters. The molecule has 3 aliphatic heterocycles. The summed E-state index contributed by atoms with van der Waals surface area (Å²) in [4.78, 5) is 16.5. The second kappa shape index (κ2) is 8.79. The van der Waals surface area contributed by atoms with Gasteiger partial charge in [-0.25, -0.2) is 0 Å². The molecule has 0 spiro atoms. The van der Waals surface area contributed by atoms with Crippen molar-refractivity contribution in [3.63, 3.8) is 0 Å². The Hall–Kier alpha value is -3.64. The largest absolute Gasteiger partial charge is 0.379 e. The van der Waals surface area contributed by atoms with E-state index in [1.54, 1.807) is 11.6 Å². The van der Waals surface area contributed by atoms with Crippen molar-refractivity contribution in [2.24, 2.45) is 7.05 Å². The third-order valence-electron chi connectivity index (χ3n) is 7.93. The molecule has 2 aromatic heterocycles. The van der Waals surface area contributed by atoms with Gasteiger partial charge in [-0.2, -0.15) is 15.5 Å². The van der Waals surface area contributed by atoms with E-state index in [1.165, 1.54) is 11.3 Å². The van der Waals surface area contributed by atoms with Gasteiger partial charge in [0.1, 0.15) is 0 Å². The number of hydrogen-bond donors (Lipinski definition) is 0. The van der Waals surface area contributed by atoms with E-state index in [0.29, 0.717) is 31.2 Å². The highest BCUT2D eigenvalue weighted by Crippen LogP contribution is 2.44. The molecule has 36 heavy (non-hydrogen) atoms. The van der Waals surface area contributed by atoms with Crippen LogP contribution in [0.4, 0.5) is 11.5 Å². The summed E-state index contributed by atoms with van der Waals surface area (Å²) in [6, 6.07) is 6.82. The number of aryl methyl sites for hydroxylation is 1. The Morgan fingerprint density at radius 2 is 2.11 bits per heavy atom. The number of ether oxygens (including phenoxy) is 1. The van der Waals surface area contributed by atoms with Crippen molar-refractivity contribution in [3.05, 3.63) is 46.9 Å². The van der Waals surface area contributed by atoms with E-state index in [0.717, 1.165) is 60.6 Å². The van der Waals surface area contributed by atoms with Gasteiger partial charge in [-0.3, -0.25) is 14.2 Å². The van der Waals surface area contributed by atoms with E-state index in [2.05, 4.69) is 33.7 Å². The summed E-state index contributed by atoms with van der Waals surface area (Å²) in [5.74, 6) is 1.35. The summed E-state index contributed by atoms with van der Waals surface area (Å²) in [7, 11) is 1.89. The number of fused-ring (bicyclic) bond motifs is 2. The summed E-state index contributed by atoms with van der Waals surface area (Å²) in [6.07, 6.45) is 6.48. The second-order valence-electron chi connectivity index (χ2n) is 10.2. The van der Waals surface area contributed by atoms with Crippen LogP contribution >= 0.6 is 0 Å². The zero-order chi connectivity index (χ0) is 25.0. The lowest BCUT2D eigenvalue weighted by atomic mass is 9.87. The molecule has 1 amide bonds. The van der Waals surface area contributed by atoms with Gasteiger partial charge in [-0.15, -0.1) is 0 Å². The van der Waals surface area contributed by atoms with E-state index in [4.69, 9.17) is 9.84 Å². The molecule has 2 atom stereocenters. The Kier molecular flexibility index (Phi) is 5.56. The molecule has 1 saturated heterocycles. The van der Waals surface area contributed by atoms with Gasteiger partial charge in [0, 0.05) is 74.4 Å². The molecule has 9 nitrogen and oxygen atoms in total. The highest BCUT2D eigenvalue weighted by molar-refractivity contribution is 5.79. The van der Waals surface area contributed by atoms with Gasteiger partial charge >= 0.3 is 0 Å². The molecule has 3 aliphatic rings. The van der Waals surface area contributed by atoms with E-state index < -0.39 is 0 Å². The van der Waals surface area contributed by atoms with Gasteiger partial charge in [-0.1, -0.05) is 6.92 Å². The molecule has 0 saturated carbocycles. The number of benzene rings is 1. The molecule has 0 bridgehead atoms. The number of rotatable bonds is 3. The third kappa shape index (κ3) is 3.68. The molecule has 5 heterocycles. The molecule has 186 valence electrons. The maximum Gasteiger partial charge on any atom is 0.219 e. The second-order valence-corrected chi connectivity index (χ2v) is 10.2. The topological polar surface area (TPSA) is 92.2 Å². The number of carbonyl (C=O) groups excluding carboxylic acids is 1. The molecule has 1 aromatic carbocycles. The Labute approximate surface area is 210 Å². The van der Waals surface area contributed by atoms with Crippen LogP contribution in [-0.4, -0.2) is 56.7 Å². The Bertz CT molecular complexity index is 1380. The normalized spacial score (nSPS) is 21.3. The van der Waals surface area contributed by atoms with Crippen molar-refractivity contribution < 1.29 is 9.53 Å². The van der Waals surface area contributed by atoms with Gasteiger partial charge in [0.15, 0.2) is 5.82 Å². The fourth-order valence-electron chi connectivity index (χ4n) is 5.87. The van der Waals surface area contributed by atoms with E-state index >= 15 is 0 Å². The van der Waals surface area contributed by atoms with Crippen LogP contribution in [0.2, 0.25) is 0 Å². The quantitative estimate of drug-likeness (QED) is 0.562. The van der Waals surface area contributed by atoms with E-state index in [-0.39, 0.29) is 11.9 Å². The first kappa shape index (κ1) is 22.8. The van der Waals surface area contributed by atoms with Crippen molar-refractivity contribution in [2.75, 3.05) is 31.2 Å². The minimum Gasteiger partial charge on any atom is -0.379 e. The number of anilines is 2. The number of carbonyl (C=O) groups is 1. The molecule has 1 fully saturated rings. The number of nitriles is 1. The van der Waals surface area contributed by atoms with Gasteiger partial charge in [-0.05, 0) is 36.5 Å². The van der Waals surface area contributed by atoms with Crippen LogP contribution < -0.4 is 4.90 Å². The Balaban J connectivity index is 1.49. The smallest absolute Gasteiger partial charge is 0.219 e. The first-order valence-corrected chi connectivity index (χ1v) is 12.7. The number of amides is 1. The predicted octanol–water partition coefficient (Wildman–Crippen LogP) is 3.67. The van der Waals surface area contributed by atoms with Crippen LogP contribution in [0, 0.1) is 11.3 Å². The molecule has 9 heteroatoms. The molecular formula is C27H31N7O2. The first-order valence-electron chi connectivity index (χ1n) is 12.7. The highest BCUT2D eigenvalue weighted by atomic mass is 16.5. The fraction of sp³-hybridized carbons (Fsp3) is 0.481. The summed E-state index contributed by atoms with van der Waals surface area (Å²) in [5.41, 5.74) is 7.07. The van der Waals surface area contributed by atoms with Crippen LogP contribution in [0.15, 0.2) is 24.5 Å². The fourth-order valence-corrected chi connectivity index (χ4v) is 5.87.